The molecule has 3 N–H and O–H groups in total. The molecule has 1 aromatic carbocycles. The minimum atomic E-state index is -0.436. The van der Waals surface area contributed by atoms with Gasteiger partial charge in [0.05, 0.1) is 12.8 Å². The van der Waals surface area contributed by atoms with E-state index in [4.69, 9.17) is 10.5 Å². The van der Waals surface area contributed by atoms with Gasteiger partial charge in [0.1, 0.15) is 0 Å². The smallest absolute Gasteiger partial charge is 0.167 e. The molecule has 4 nitrogen and oxygen atoms in total. The summed E-state index contributed by atoms with van der Waals surface area (Å²) in [7, 11) is 1.42. The normalized spacial score (nSPS) is 10.2. The zero-order valence-corrected chi connectivity index (χ0v) is 10.2. The highest BCUT2D eigenvalue weighted by atomic mass is 19.1. The van der Waals surface area contributed by atoms with E-state index in [1.165, 1.54) is 13.2 Å². The molecule has 1 heterocycles. The second-order valence-electron chi connectivity index (χ2n) is 3.86. The summed E-state index contributed by atoms with van der Waals surface area (Å²) >= 11 is 0. The van der Waals surface area contributed by atoms with E-state index in [0.717, 1.165) is 5.69 Å². The van der Waals surface area contributed by atoms with Crippen molar-refractivity contribution in [1.29, 1.82) is 0 Å². The van der Waals surface area contributed by atoms with Crippen molar-refractivity contribution in [3.05, 3.63) is 41.8 Å². The largest absolute Gasteiger partial charge is 0.494 e. The number of ether oxygens (including phenoxy) is 1. The van der Waals surface area contributed by atoms with E-state index in [1.54, 1.807) is 18.2 Å². The van der Waals surface area contributed by atoms with Crippen molar-refractivity contribution in [2.75, 3.05) is 18.2 Å². The monoisotopic (exact) mass is 247 g/mol. The van der Waals surface area contributed by atoms with Crippen LogP contribution in [0.4, 0.5) is 21.6 Å². The van der Waals surface area contributed by atoms with Gasteiger partial charge < -0.3 is 15.8 Å². The summed E-state index contributed by atoms with van der Waals surface area (Å²) in [4.78, 5) is 4.25. The quantitative estimate of drug-likeness (QED) is 0.875. The predicted octanol–water partition coefficient (Wildman–Crippen LogP) is 2.86. The first-order valence-electron chi connectivity index (χ1n) is 5.44. The Labute approximate surface area is 105 Å². The molecule has 0 aliphatic rings. The number of anilines is 3. The number of hydrogen-bond donors (Lipinski definition) is 2. The third-order valence-electron chi connectivity index (χ3n) is 2.48. The Hall–Kier alpha value is -2.30. The number of nitrogens with one attached hydrogen (secondary N) is 1. The summed E-state index contributed by atoms with van der Waals surface area (Å²) < 4.78 is 18.4. The van der Waals surface area contributed by atoms with Crippen LogP contribution < -0.4 is 15.8 Å². The Bertz CT molecular complexity index is 572. The number of halogens is 1. The number of hydrogen-bond acceptors (Lipinski definition) is 4. The first kappa shape index (κ1) is 12.2. The van der Waals surface area contributed by atoms with E-state index in [0.29, 0.717) is 17.2 Å². The molecule has 94 valence electrons. The van der Waals surface area contributed by atoms with Gasteiger partial charge in [0.25, 0.3) is 0 Å². The molecule has 1 aromatic heterocycles. The number of aromatic nitrogens is 1. The second kappa shape index (κ2) is 4.91. The molecule has 0 bridgehead atoms. The minimum absolute atomic E-state index is 0.200. The fraction of sp³-hybridized carbons (Fsp3) is 0.154. The van der Waals surface area contributed by atoms with Gasteiger partial charge in [0.15, 0.2) is 17.4 Å². The van der Waals surface area contributed by atoms with Crippen molar-refractivity contribution in [2.24, 2.45) is 0 Å². The van der Waals surface area contributed by atoms with Crippen molar-refractivity contribution in [3.8, 4) is 5.75 Å². The van der Waals surface area contributed by atoms with Crippen LogP contribution in [0.3, 0.4) is 0 Å². The number of nitrogens with two attached hydrogens (primary N) is 1. The fourth-order valence-corrected chi connectivity index (χ4v) is 1.55. The summed E-state index contributed by atoms with van der Waals surface area (Å²) in [5, 5.41) is 2.97. The fourth-order valence-electron chi connectivity index (χ4n) is 1.55. The van der Waals surface area contributed by atoms with Gasteiger partial charge in [-0.05, 0) is 31.2 Å². The molecule has 5 heteroatoms. The van der Waals surface area contributed by atoms with Crippen LogP contribution in [0.15, 0.2) is 30.3 Å². The van der Waals surface area contributed by atoms with Gasteiger partial charge in [-0.15, -0.1) is 0 Å². The zero-order valence-electron chi connectivity index (χ0n) is 10.2. The molecule has 0 fully saturated rings. The van der Waals surface area contributed by atoms with Crippen LogP contribution in [0.5, 0.6) is 5.75 Å². The summed E-state index contributed by atoms with van der Waals surface area (Å²) in [6.45, 7) is 1.86. The van der Waals surface area contributed by atoms with E-state index >= 15 is 0 Å². The van der Waals surface area contributed by atoms with E-state index in [1.807, 2.05) is 13.0 Å². The van der Waals surface area contributed by atoms with Gasteiger partial charge in [-0.1, -0.05) is 0 Å². The molecule has 0 saturated carbocycles. The molecule has 2 rings (SSSR count). The standard InChI is InChI=1S/C13H14FN3O/c1-8-3-5-11(15)13(16-8)17-9-4-6-12(18-2)10(14)7-9/h3-7H,15H2,1-2H3,(H,16,17). The van der Waals surface area contributed by atoms with Crippen molar-refractivity contribution in [1.82, 2.24) is 4.98 Å². The van der Waals surface area contributed by atoms with Crippen LogP contribution in [0.2, 0.25) is 0 Å². The van der Waals surface area contributed by atoms with Crippen molar-refractivity contribution < 1.29 is 9.13 Å². The number of pyridine rings is 1. The molecular weight excluding hydrogens is 233 g/mol. The van der Waals surface area contributed by atoms with E-state index in [9.17, 15) is 4.39 Å². The molecule has 0 unspecified atom stereocenters. The van der Waals surface area contributed by atoms with Crippen LogP contribution in [-0.2, 0) is 0 Å². The maximum Gasteiger partial charge on any atom is 0.167 e. The Morgan fingerprint density at radius 1 is 1.28 bits per heavy atom. The highest BCUT2D eigenvalue weighted by Gasteiger charge is 2.06. The van der Waals surface area contributed by atoms with Crippen LogP contribution in [0, 0.1) is 12.7 Å². The third-order valence-corrected chi connectivity index (χ3v) is 2.48. The first-order valence-corrected chi connectivity index (χ1v) is 5.44. The lowest BCUT2D eigenvalue weighted by atomic mass is 10.2. The maximum atomic E-state index is 13.5. The van der Waals surface area contributed by atoms with Crippen LogP contribution in [0.25, 0.3) is 0 Å². The molecule has 18 heavy (non-hydrogen) atoms. The van der Waals surface area contributed by atoms with Gasteiger partial charge >= 0.3 is 0 Å². The topological polar surface area (TPSA) is 60.2 Å². The molecule has 0 spiro atoms. The number of nitrogen functional groups attached to an aromatic ring is 1. The predicted molar refractivity (Wildman–Crippen MR) is 69.6 cm³/mol. The number of nitrogens with zero attached hydrogens (tertiary/aromatic N) is 1. The molecule has 0 atom stereocenters. The number of aryl methyl sites for hydroxylation is 1. The van der Waals surface area contributed by atoms with Gasteiger partial charge in [0, 0.05) is 17.4 Å². The van der Waals surface area contributed by atoms with E-state index in [2.05, 4.69) is 10.3 Å². The molecule has 0 radical (unpaired) electrons. The second-order valence-corrected chi connectivity index (χ2v) is 3.86. The van der Waals surface area contributed by atoms with Crippen molar-refractivity contribution in [3.63, 3.8) is 0 Å². The highest BCUT2D eigenvalue weighted by molar-refractivity contribution is 5.69. The van der Waals surface area contributed by atoms with Gasteiger partial charge in [-0.2, -0.15) is 0 Å². The van der Waals surface area contributed by atoms with Crippen LogP contribution in [0.1, 0.15) is 5.69 Å². The van der Waals surface area contributed by atoms with Gasteiger partial charge in [-0.25, -0.2) is 9.37 Å². The lowest BCUT2D eigenvalue weighted by Gasteiger charge is -2.10. The number of benzene rings is 1. The van der Waals surface area contributed by atoms with Gasteiger partial charge in [0.2, 0.25) is 0 Å². The lowest BCUT2D eigenvalue weighted by molar-refractivity contribution is 0.386. The number of methoxy groups -OCH3 is 1. The Morgan fingerprint density at radius 3 is 2.72 bits per heavy atom. The maximum absolute atomic E-state index is 13.5. The van der Waals surface area contributed by atoms with Crippen molar-refractivity contribution in [2.45, 2.75) is 6.92 Å². The average Bonchev–Trinajstić information content (AvgIpc) is 2.34. The number of rotatable bonds is 3. The lowest BCUT2D eigenvalue weighted by Crippen LogP contribution is -2.00. The Morgan fingerprint density at radius 2 is 2.06 bits per heavy atom. The molecule has 0 amide bonds. The van der Waals surface area contributed by atoms with Crippen LogP contribution >= 0.6 is 0 Å². The molecule has 2 aromatic rings. The van der Waals surface area contributed by atoms with E-state index < -0.39 is 5.82 Å². The average molecular weight is 247 g/mol. The Kier molecular flexibility index (Phi) is 3.32. The first-order chi connectivity index (χ1) is 8.60. The van der Waals surface area contributed by atoms with Crippen LogP contribution in [-0.4, -0.2) is 12.1 Å². The summed E-state index contributed by atoms with van der Waals surface area (Å²) in [5.41, 5.74) is 7.70. The van der Waals surface area contributed by atoms with Gasteiger partial charge in [-0.3, -0.25) is 0 Å². The Balaban J connectivity index is 2.28. The van der Waals surface area contributed by atoms with Crippen molar-refractivity contribution >= 4 is 17.2 Å². The minimum Gasteiger partial charge on any atom is -0.494 e. The van der Waals surface area contributed by atoms with E-state index in [-0.39, 0.29) is 5.75 Å². The summed E-state index contributed by atoms with van der Waals surface area (Å²) in [6, 6.07) is 8.15. The molecule has 0 aliphatic carbocycles. The molecule has 0 aliphatic heterocycles. The third kappa shape index (κ3) is 2.51. The highest BCUT2D eigenvalue weighted by Crippen LogP contribution is 2.25. The summed E-state index contributed by atoms with van der Waals surface area (Å²) in [5.74, 6) is 0.277. The summed E-state index contributed by atoms with van der Waals surface area (Å²) in [6.07, 6.45) is 0. The molecule has 0 saturated heterocycles. The zero-order chi connectivity index (χ0) is 13.1. The SMILES string of the molecule is COc1ccc(Nc2nc(C)ccc2N)cc1F. The molecular formula is C13H14FN3O.